The standard InChI is InChI=1S/C22H31N5O/c1-4-23-22(26-15-19-9-7-13-24-21(19)27(2)3)25-14-18-8-5-6-10-20(18)28-16-17-11-12-17/h5-10,13,17H,4,11-12,14-16H2,1-3H3,(H2,23,25,26). The van der Waals surface area contributed by atoms with Crippen LogP contribution in [0, 0.1) is 5.92 Å². The van der Waals surface area contributed by atoms with Gasteiger partial charge in [0.1, 0.15) is 11.6 Å². The number of hydrogen-bond donors (Lipinski definition) is 2. The van der Waals surface area contributed by atoms with Gasteiger partial charge in [0.2, 0.25) is 0 Å². The summed E-state index contributed by atoms with van der Waals surface area (Å²) >= 11 is 0. The molecular weight excluding hydrogens is 350 g/mol. The predicted molar refractivity (Wildman–Crippen MR) is 115 cm³/mol. The summed E-state index contributed by atoms with van der Waals surface area (Å²) in [5, 5.41) is 6.73. The first-order valence-corrected chi connectivity index (χ1v) is 10.0. The molecule has 1 aliphatic rings. The van der Waals surface area contributed by atoms with E-state index in [1.165, 1.54) is 12.8 Å². The lowest BCUT2D eigenvalue weighted by molar-refractivity contribution is 0.297. The van der Waals surface area contributed by atoms with Crippen molar-refractivity contribution in [3.63, 3.8) is 0 Å². The van der Waals surface area contributed by atoms with Crippen LogP contribution in [0.1, 0.15) is 30.9 Å². The zero-order valence-electron chi connectivity index (χ0n) is 17.1. The van der Waals surface area contributed by atoms with E-state index in [0.717, 1.165) is 47.7 Å². The molecule has 28 heavy (non-hydrogen) atoms. The van der Waals surface area contributed by atoms with E-state index >= 15 is 0 Å². The van der Waals surface area contributed by atoms with E-state index in [2.05, 4.69) is 34.7 Å². The number of pyridine rings is 1. The molecule has 0 aliphatic heterocycles. The maximum atomic E-state index is 6.00. The van der Waals surface area contributed by atoms with E-state index in [4.69, 9.17) is 9.73 Å². The molecule has 2 aromatic rings. The molecule has 1 aromatic heterocycles. The minimum absolute atomic E-state index is 0.573. The summed E-state index contributed by atoms with van der Waals surface area (Å²) in [6, 6.07) is 12.2. The highest BCUT2D eigenvalue weighted by Gasteiger charge is 2.22. The van der Waals surface area contributed by atoms with E-state index in [1.807, 2.05) is 49.5 Å². The summed E-state index contributed by atoms with van der Waals surface area (Å²) in [6.07, 6.45) is 4.40. The van der Waals surface area contributed by atoms with Crippen molar-refractivity contribution >= 4 is 11.8 Å². The van der Waals surface area contributed by atoms with E-state index < -0.39 is 0 Å². The Bertz CT molecular complexity index is 786. The van der Waals surface area contributed by atoms with Crippen LogP contribution in [-0.2, 0) is 13.1 Å². The van der Waals surface area contributed by atoms with Crippen molar-refractivity contribution in [3.8, 4) is 5.75 Å². The molecule has 1 saturated carbocycles. The van der Waals surface area contributed by atoms with Crippen molar-refractivity contribution in [3.05, 3.63) is 53.7 Å². The smallest absolute Gasteiger partial charge is 0.191 e. The van der Waals surface area contributed by atoms with Crippen LogP contribution in [0.25, 0.3) is 0 Å². The van der Waals surface area contributed by atoms with E-state index in [9.17, 15) is 0 Å². The topological polar surface area (TPSA) is 61.8 Å². The Morgan fingerprint density at radius 1 is 1.14 bits per heavy atom. The molecule has 1 aromatic carbocycles. The lowest BCUT2D eigenvalue weighted by Gasteiger charge is -2.17. The Labute approximate surface area is 168 Å². The molecule has 3 rings (SSSR count). The van der Waals surface area contributed by atoms with E-state index in [0.29, 0.717) is 13.1 Å². The van der Waals surface area contributed by atoms with Gasteiger partial charge in [0.25, 0.3) is 0 Å². The van der Waals surface area contributed by atoms with Crippen LogP contribution in [0.5, 0.6) is 5.75 Å². The van der Waals surface area contributed by atoms with Gasteiger partial charge in [0.15, 0.2) is 5.96 Å². The van der Waals surface area contributed by atoms with Gasteiger partial charge in [-0.1, -0.05) is 24.3 Å². The first-order valence-electron chi connectivity index (χ1n) is 10.0. The van der Waals surface area contributed by atoms with Crippen LogP contribution in [-0.4, -0.2) is 38.2 Å². The molecule has 0 atom stereocenters. The fraction of sp³-hybridized carbons (Fsp3) is 0.455. The second-order valence-corrected chi connectivity index (χ2v) is 7.29. The average Bonchev–Trinajstić information content (AvgIpc) is 3.54. The van der Waals surface area contributed by atoms with Gasteiger partial charge in [-0.15, -0.1) is 0 Å². The lowest BCUT2D eigenvalue weighted by Crippen LogP contribution is -2.37. The van der Waals surface area contributed by atoms with Crippen LogP contribution in [0.4, 0.5) is 5.82 Å². The van der Waals surface area contributed by atoms with Crippen LogP contribution in [0.15, 0.2) is 47.6 Å². The predicted octanol–water partition coefficient (Wildman–Crippen LogP) is 3.19. The number of aromatic nitrogens is 1. The van der Waals surface area contributed by atoms with Gasteiger partial charge in [0, 0.05) is 44.5 Å². The van der Waals surface area contributed by atoms with E-state index in [1.54, 1.807) is 0 Å². The molecule has 0 amide bonds. The fourth-order valence-electron chi connectivity index (χ4n) is 2.92. The summed E-state index contributed by atoms with van der Waals surface area (Å²) in [5.74, 6) is 3.43. The third-order valence-electron chi connectivity index (χ3n) is 4.63. The number of guanidine groups is 1. The van der Waals surface area contributed by atoms with Crippen LogP contribution < -0.4 is 20.3 Å². The molecule has 150 valence electrons. The molecular formula is C22H31N5O. The number of aliphatic imine (C=N–C) groups is 1. The summed E-state index contributed by atoms with van der Waals surface area (Å²) in [7, 11) is 4.01. The molecule has 0 spiro atoms. The Morgan fingerprint density at radius 3 is 2.68 bits per heavy atom. The zero-order chi connectivity index (χ0) is 19.8. The van der Waals surface area contributed by atoms with Gasteiger partial charge < -0.3 is 20.3 Å². The normalized spacial score (nSPS) is 13.9. The first-order chi connectivity index (χ1) is 13.7. The number of ether oxygens (including phenoxy) is 1. The quantitative estimate of drug-likeness (QED) is 0.516. The maximum Gasteiger partial charge on any atom is 0.191 e. The zero-order valence-corrected chi connectivity index (χ0v) is 17.1. The van der Waals surface area contributed by atoms with Gasteiger partial charge in [-0.2, -0.15) is 0 Å². The third kappa shape index (κ3) is 5.87. The minimum atomic E-state index is 0.573. The summed E-state index contributed by atoms with van der Waals surface area (Å²) in [6.45, 7) is 4.92. The van der Waals surface area contributed by atoms with Crippen molar-refractivity contribution in [2.24, 2.45) is 10.9 Å². The Morgan fingerprint density at radius 2 is 1.93 bits per heavy atom. The Hall–Kier alpha value is -2.76. The summed E-state index contributed by atoms with van der Waals surface area (Å²) in [4.78, 5) is 11.2. The number of nitrogens with zero attached hydrogens (tertiary/aromatic N) is 3. The van der Waals surface area contributed by atoms with Crippen molar-refractivity contribution in [2.75, 3.05) is 32.1 Å². The second-order valence-electron chi connectivity index (χ2n) is 7.29. The van der Waals surface area contributed by atoms with Crippen LogP contribution >= 0.6 is 0 Å². The number of nitrogens with one attached hydrogen (secondary N) is 2. The number of rotatable bonds is 9. The monoisotopic (exact) mass is 381 g/mol. The lowest BCUT2D eigenvalue weighted by atomic mass is 10.2. The highest BCUT2D eigenvalue weighted by molar-refractivity contribution is 5.79. The summed E-state index contributed by atoms with van der Waals surface area (Å²) in [5.41, 5.74) is 2.24. The first kappa shape index (κ1) is 20.0. The number of para-hydroxylation sites is 1. The highest BCUT2D eigenvalue weighted by Crippen LogP contribution is 2.30. The van der Waals surface area contributed by atoms with Crippen molar-refractivity contribution < 1.29 is 4.74 Å². The maximum absolute atomic E-state index is 6.00. The fourth-order valence-corrected chi connectivity index (χ4v) is 2.92. The number of anilines is 1. The molecule has 1 fully saturated rings. The molecule has 0 radical (unpaired) electrons. The molecule has 6 heteroatoms. The largest absolute Gasteiger partial charge is 0.493 e. The molecule has 2 N–H and O–H groups in total. The van der Waals surface area contributed by atoms with Gasteiger partial charge in [-0.05, 0) is 37.8 Å². The molecule has 1 aliphatic carbocycles. The number of benzene rings is 1. The second kappa shape index (κ2) is 9.97. The van der Waals surface area contributed by atoms with Gasteiger partial charge in [-0.3, -0.25) is 0 Å². The molecule has 0 unspecified atom stereocenters. The minimum Gasteiger partial charge on any atom is -0.493 e. The van der Waals surface area contributed by atoms with Crippen LogP contribution in [0.3, 0.4) is 0 Å². The molecule has 0 saturated heterocycles. The van der Waals surface area contributed by atoms with Crippen molar-refractivity contribution in [1.29, 1.82) is 0 Å². The third-order valence-corrected chi connectivity index (χ3v) is 4.63. The van der Waals surface area contributed by atoms with Gasteiger partial charge in [0.05, 0.1) is 13.2 Å². The SMILES string of the molecule is CCNC(=NCc1ccccc1OCC1CC1)NCc1cccnc1N(C)C. The number of hydrogen-bond acceptors (Lipinski definition) is 4. The summed E-state index contributed by atoms with van der Waals surface area (Å²) < 4.78 is 6.00. The van der Waals surface area contributed by atoms with Gasteiger partial charge in [-0.25, -0.2) is 9.98 Å². The average molecular weight is 382 g/mol. The Kier molecular flexibility index (Phi) is 7.12. The Balaban J connectivity index is 1.64. The van der Waals surface area contributed by atoms with Crippen molar-refractivity contribution in [2.45, 2.75) is 32.9 Å². The molecule has 0 bridgehead atoms. The molecule has 6 nitrogen and oxygen atoms in total. The van der Waals surface area contributed by atoms with E-state index in [-0.39, 0.29) is 0 Å². The van der Waals surface area contributed by atoms with Crippen LogP contribution in [0.2, 0.25) is 0 Å². The highest BCUT2D eigenvalue weighted by atomic mass is 16.5. The van der Waals surface area contributed by atoms with Crippen molar-refractivity contribution in [1.82, 2.24) is 15.6 Å². The molecule has 1 heterocycles. The van der Waals surface area contributed by atoms with Gasteiger partial charge >= 0.3 is 0 Å².